The van der Waals surface area contributed by atoms with E-state index in [1.165, 1.54) is 43.3 Å². The number of carbonyl (C=O) groups is 2. The number of alkyl halides is 3. The first-order valence-corrected chi connectivity index (χ1v) is 10.6. The Labute approximate surface area is 203 Å². The van der Waals surface area contributed by atoms with Gasteiger partial charge < -0.3 is 10.6 Å². The Morgan fingerprint density at radius 3 is 2.39 bits per heavy atom. The number of anilines is 2. The first kappa shape index (κ1) is 24.5. The number of nitriles is 1. The Morgan fingerprint density at radius 2 is 1.75 bits per heavy atom. The molecule has 0 spiro atoms. The van der Waals surface area contributed by atoms with Crippen molar-refractivity contribution < 1.29 is 27.2 Å². The Kier molecular flexibility index (Phi) is 6.49. The summed E-state index contributed by atoms with van der Waals surface area (Å²) in [6.07, 6.45) is -4.64. The van der Waals surface area contributed by atoms with E-state index in [1.54, 1.807) is 12.1 Å². The summed E-state index contributed by atoms with van der Waals surface area (Å²) < 4.78 is 54.1. The number of urea groups is 1. The fraction of sp³-hybridized carbons (Fsp3) is 0.115. The fourth-order valence-corrected chi connectivity index (χ4v) is 3.92. The average molecular weight is 494 g/mol. The van der Waals surface area contributed by atoms with Crippen molar-refractivity contribution in [2.45, 2.75) is 19.1 Å². The van der Waals surface area contributed by atoms with Gasteiger partial charge in [-0.2, -0.15) is 18.4 Å². The molecule has 1 unspecified atom stereocenters. The van der Waals surface area contributed by atoms with Crippen LogP contribution in [-0.2, 0) is 11.0 Å². The van der Waals surface area contributed by atoms with Crippen LogP contribution in [0.4, 0.5) is 33.7 Å². The van der Waals surface area contributed by atoms with E-state index in [1.807, 2.05) is 6.07 Å². The molecule has 10 heteroatoms. The van der Waals surface area contributed by atoms with E-state index in [0.29, 0.717) is 11.1 Å². The smallest absolute Gasteiger partial charge is 0.326 e. The largest absolute Gasteiger partial charge is 0.416 e. The SMILES string of the molecule is CC1=C(C(=O)Nc2ccccc2F)C(c2ccc(C#N)cc2)NC(=O)N1c1cccc(C(F)(F)F)c1. The highest BCUT2D eigenvalue weighted by Gasteiger charge is 2.38. The minimum atomic E-state index is -4.64. The van der Waals surface area contributed by atoms with Crippen LogP contribution in [0.1, 0.15) is 29.7 Å². The van der Waals surface area contributed by atoms with Gasteiger partial charge in [0.25, 0.3) is 5.91 Å². The lowest BCUT2D eigenvalue weighted by Gasteiger charge is -2.36. The number of rotatable bonds is 4. The lowest BCUT2D eigenvalue weighted by atomic mass is 9.93. The molecule has 182 valence electrons. The van der Waals surface area contributed by atoms with Crippen LogP contribution >= 0.6 is 0 Å². The molecular weight excluding hydrogens is 476 g/mol. The monoisotopic (exact) mass is 494 g/mol. The molecule has 2 N–H and O–H groups in total. The van der Waals surface area contributed by atoms with Gasteiger partial charge in [-0.3, -0.25) is 9.69 Å². The van der Waals surface area contributed by atoms with Crippen molar-refractivity contribution in [3.63, 3.8) is 0 Å². The summed E-state index contributed by atoms with van der Waals surface area (Å²) in [5.41, 5.74) is -0.333. The second-order valence-electron chi connectivity index (χ2n) is 7.93. The number of allylic oxidation sites excluding steroid dienone is 1. The molecule has 1 aliphatic heterocycles. The zero-order valence-corrected chi connectivity index (χ0v) is 18.7. The summed E-state index contributed by atoms with van der Waals surface area (Å²) in [5, 5.41) is 14.2. The molecule has 0 bridgehead atoms. The summed E-state index contributed by atoms with van der Waals surface area (Å²) in [6.45, 7) is 1.42. The van der Waals surface area contributed by atoms with Crippen molar-refractivity contribution in [2.75, 3.05) is 10.2 Å². The van der Waals surface area contributed by atoms with E-state index in [0.717, 1.165) is 29.2 Å². The predicted molar refractivity (Wildman–Crippen MR) is 124 cm³/mol. The molecule has 3 aromatic rings. The molecule has 4 rings (SSSR count). The highest BCUT2D eigenvalue weighted by atomic mass is 19.4. The van der Waals surface area contributed by atoms with Crippen molar-refractivity contribution in [1.29, 1.82) is 5.26 Å². The zero-order chi connectivity index (χ0) is 26.0. The lowest BCUT2D eigenvalue weighted by Crippen LogP contribution is -2.48. The summed E-state index contributed by atoms with van der Waals surface area (Å²) in [5.74, 6) is -1.45. The molecule has 1 atom stereocenters. The van der Waals surface area contributed by atoms with Gasteiger partial charge in [-0.25, -0.2) is 9.18 Å². The van der Waals surface area contributed by atoms with Gasteiger partial charge in [0.1, 0.15) is 5.82 Å². The molecule has 36 heavy (non-hydrogen) atoms. The van der Waals surface area contributed by atoms with Crippen molar-refractivity contribution in [3.8, 4) is 6.07 Å². The van der Waals surface area contributed by atoms with E-state index < -0.39 is 35.5 Å². The van der Waals surface area contributed by atoms with Gasteiger partial charge in [0.15, 0.2) is 0 Å². The second-order valence-corrected chi connectivity index (χ2v) is 7.93. The fourth-order valence-electron chi connectivity index (χ4n) is 3.92. The first-order valence-electron chi connectivity index (χ1n) is 10.6. The molecular formula is C26H18F4N4O2. The third kappa shape index (κ3) is 4.77. The van der Waals surface area contributed by atoms with Gasteiger partial charge in [-0.1, -0.05) is 30.3 Å². The normalized spacial score (nSPS) is 15.8. The number of benzene rings is 3. The van der Waals surface area contributed by atoms with Crippen molar-refractivity contribution >= 4 is 23.3 Å². The third-order valence-corrected chi connectivity index (χ3v) is 5.66. The lowest BCUT2D eigenvalue weighted by molar-refractivity contribution is -0.137. The van der Waals surface area contributed by atoms with Gasteiger partial charge in [0, 0.05) is 5.70 Å². The van der Waals surface area contributed by atoms with E-state index in [2.05, 4.69) is 10.6 Å². The molecule has 1 aliphatic rings. The Balaban J connectivity index is 1.84. The van der Waals surface area contributed by atoms with Crippen LogP contribution in [0.2, 0.25) is 0 Å². The van der Waals surface area contributed by atoms with Crippen LogP contribution < -0.4 is 15.5 Å². The minimum Gasteiger partial charge on any atom is -0.326 e. The summed E-state index contributed by atoms with van der Waals surface area (Å²) in [6, 6.07) is 15.9. The Morgan fingerprint density at radius 1 is 1.06 bits per heavy atom. The van der Waals surface area contributed by atoms with E-state index >= 15 is 0 Å². The van der Waals surface area contributed by atoms with Gasteiger partial charge in [-0.15, -0.1) is 0 Å². The quantitative estimate of drug-likeness (QED) is 0.443. The average Bonchev–Trinajstić information content (AvgIpc) is 2.85. The maximum atomic E-state index is 14.2. The Hall–Kier alpha value is -4.65. The molecule has 0 fully saturated rings. The number of nitrogens with zero attached hydrogens (tertiary/aromatic N) is 2. The van der Waals surface area contributed by atoms with E-state index in [4.69, 9.17) is 5.26 Å². The molecule has 6 nitrogen and oxygen atoms in total. The standard InChI is InChI=1S/C26H18F4N4O2/c1-15-22(24(35)32-21-8-3-2-7-20(21)27)23(17-11-9-16(14-31)10-12-17)33-25(36)34(15)19-6-4-5-18(13-19)26(28,29)30/h2-13,23H,1H3,(H,32,35)(H,33,36). The summed E-state index contributed by atoms with van der Waals surface area (Å²) in [7, 11) is 0. The predicted octanol–water partition coefficient (Wildman–Crippen LogP) is 5.90. The summed E-state index contributed by atoms with van der Waals surface area (Å²) >= 11 is 0. The number of carbonyl (C=O) groups excluding carboxylic acids is 2. The van der Waals surface area contributed by atoms with Crippen molar-refractivity contribution in [3.05, 3.63) is 107 Å². The molecule has 1 heterocycles. The topological polar surface area (TPSA) is 85.2 Å². The van der Waals surface area contributed by atoms with Crippen LogP contribution in [-0.4, -0.2) is 11.9 Å². The van der Waals surface area contributed by atoms with Crippen molar-refractivity contribution in [2.24, 2.45) is 0 Å². The molecule has 3 amide bonds. The summed E-state index contributed by atoms with van der Waals surface area (Å²) in [4.78, 5) is 27.5. The zero-order valence-electron chi connectivity index (χ0n) is 18.7. The number of nitrogens with one attached hydrogen (secondary N) is 2. The van der Waals surface area contributed by atoms with Gasteiger partial charge >= 0.3 is 12.2 Å². The third-order valence-electron chi connectivity index (χ3n) is 5.66. The minimum absolute atomic E-state index is 0.0139. The van der Waals surface area contributed by atoms with Crippen LogP contribution in [0.25, 0.3) is 0 Å². The molecule has 0 saturated heterocycles. The van der Waals surface area contributed by atoms with Crippen LogP contribution in [0.3, 0.4) is 0 Å². The molecule has 0 aromatic heterocycles. The van der Waals surface area contributed by atoms with E-state index in [9.17, 15) is 27.2 Å². The van der Waals surface area contributed by atoms with Crippen molar-refractivity contribution in [1.82, 2.24) is 5.32 Å². The highest BCUT2D eigenvalue weighted by molar-refractivity contribution is 6.10. The van der Waals surface area contributed by atoms with Crippen LogP contribution in [0.15, 0.2) is 84.1 Å². The second kappa shape index (κ2) is 9.54. The molecule has 3 aromatic carbocycles. The maximum Gasteiger partial charge on any atom is 0.416 e. The van der Waals surface area contributed by atoms with Gasteiger partial charge in [0.05, 0.1) is 40.2 Å². The number of hydrogen-bond donors (Lipinski definition) is 2. The number of hydrogen-bond acceptors (Lipinski definition) is 3. The molecule has 0 aliphatic carbocycles. The molecule has 0 saturated carbocycles. The van der Waals surface area contributed by atoms with E-state index in [-0.39, 0.29) is 22.6 Å². The number of amides is 3. The maximum absolute atomic E-state index is 14.2. The molecule has 0 radical (unpaired) electrons. The Bertz CT molecular complexity index is 1410. The van der Waals surface area contributed by atoms with Gasteiger partial charge in [0.2, 0.25) is 0 Å². The van der Waals surface area contributed by atoms with Crippen LogP contribution in [0, 0.1) is 17.1 Å². The van der Waals surface area contributed by atoms with Gasteiger partial charge in [-0.05, 0) is 55.0 Å². The number of halogens is 4. The van der Waals surface area contributed by atoms with Crippen LogP contribution in [0.5, 0.6) is 0 Å². The highest BCUT2D eigenvalue weighted by Crippen LogP contribution is 2.37. The number of para-hydroxylation sites is 1. The first-order chi connectivity index (χ1) is 17.1.